The van der Waals surface area contributed by atoms with Crippen molar-refractivity contribution in [2.45, 2.75) is 66.2 Å². The Morgan fingerprint density at radius 3 is 2.10 bits per heavy atom. The maximum Gasteiger partial charge on any atom is 0.0141 e. The molecule has 0 aromatic heterocycles. The lowest BCUT2D eigenvalue weighted by Crippen LogP contribution is -2.23. The van der Waals surface area contributed by atoms with E-state index in [2.05, 4.69) is 51.5 Å². The fourth-order valence-corrected chi connectivity index (χ4v) is 2.27. The Balaban J connectivity index is 4.29. The highest BCUT2D eigenvalue weighted by molar-refractivity contribution is 5.05. The van der Waals surface area contributed by atoms with Gasteiger partial charge in [0.1, 0.15) is 0 Å². The second-order valence-electron chi connectivity index (χ2n) is 6.21. The maximum absolute atomic E-state index is 4.24. The van der Waals surface area contributed by atoms with Crippen LogP contribution in [0, 0.1) is 11.8 Å². The van der Waals surface area contributed by atoms with E-state index < -0.39 is 0 Å². The Hall–Kier alpha value is -0.920. The summed E-state index contributed by atoms with van der Waals surface area (Å²) in [5, 5.41) is 6.88. The van der Waals surface area contributed by atoms with E-state index in [0.717, 1.165) is 44.0 Å². The highest BCUT2D eigenvalue weighted by Gasteiger charge is 2.14. The average Bonchev–Trinajstić information content (AvgIpc) is 2.40. The lowest BCUT2D eigenvalue weighted by Gasteiger charge is -2.23. The molecule has 0 fully saturated rings. The SMILES string of the molecule is C=C(CC(CCCC(C)C)C(=C)NCCC)NCCC. The van der Waals surface area contributed by atoms with E-state index in [9.17, 15) is 0 Å². The molecule has 118 valence electrons. The van der Waals surface area contributed by atoms with Crippen LogP contribution in [-0.4, -0.2) is 13.1 Å². The largest absolute Gasteiger partial charge is 0.389 e. The zero-order valence-electron chi connectivity index (χ0n) is 14.2. The van der Waals surface area contributed by atoms with Crippen molar-refractivity contribution < 1.29 is 0 Å². The van der Waals surface area contributed by atoms with Gasteiger partial charge in [0, 0.05) is 30.4 Å². The van der Waals surface area contributed by atoms with Crippen LogP contribution in [0.1, 0.15) is 66.2 Å². The minimum absolute atomic E-state index is 0.511. The van der Waals surface area contributed by atoms with Crippen LogP contribution >= 0.6 is 0 Å². The van der Waals surface area contributed by atoms with Crippen molar-refractivity contribution in [3.8, 4) is 0 Å². The molecule has 2 nitrogen and oxygen atoms in total. The van der Waals surface area contributed by atoms with Gasteiger partial charge < -0.3 is 10.6 Å². The number of hydrogen-bond donors (Lipinski definition) is 2. The van der Waals surface area contributed by atoms with Gasteiger partial charge in [-0.15, -0.1) is 0 Å². The van der Waals surface area contributed by atoms with E-state index in [-0.39, 0.29) is 0 Å². The molecule has 0 aromatic carbocycles. The first-order valence-electron chi connectivity index (χ1n) is 8.35. The molecule has 0 aliphatic carbocycles. The fourth-order valence-electron chi connectivity index (χ4n) is 2.27. The molecular weight excluding hydrogens is 244 g/mol. The van der Waals surface area contributed by atoms with Gasteiger partial charge in [0.15, 0.2) is 0 Å². The first-order chi connectivity index (χ1) is 9.51. The predicted octanol–water partition coefficient (Wildman–Crippen LogP) is 4.85. The van der Waals surface area contributed by atoms with Crippen LogP contribution in [0.4, 0.5) is 0 Å². The summed E-state index contributed by atoms with van der Waals surface area (Å²) < 4.78 is 0. The van der Waals surface area contributed by atoms with E-state index in [0.29, 0.717) is 5.92 Å². The molecule has 0 spiro atoms. The normalized spacial score (nSPS) is 12.2. The lowest BCUT2D eigenvalue weighted by atomic mass is 9.92. The molecule has 0 radical (unpaired) electrons. The van der Waals surface area contributed by atoms with Crippen molar-refractivity contribution >= 4 is 0 Å². The van der Waals surface area contributed by atoms with Gasteiger partial charge in [-0.1, -0.05) is 53.7 Å². The third-order valence-corrected chi connectivity index (χ3v) is 3.55. The van der Waals surface area contributed by atoms with Crippen LogP contribution in [0.5, 0.6) is 0 Å². The minimum atomic E-state index is 0.511. The zero-order valence-corrected chi connectivity index (χ0v) is 14.2. The third-order valence-electron chi connectivity index (χ3n) is 3.55. The molecule has 1 unspecified atom stereocenters. The standard InChI is InChI=1S/C18H36N2/c1-7-12-19-16(5)14-18(11-9-10-15(3)4)17(6)20-13-8-2/h15,18-20H,5-14H2,1-4H3. The molecule has 0 saturated carbocycles. The summed E-state index contributed by atoms with van der Waals surface area (Å²) in [6, 6.07) is 0. The number of nitrogens with one attached hydrogen (secondary N) is 2. The summed E-state index contributed by atoms with van der Waals surface area (Å²) in [5.41, 5.74) is 2.34. The Kier molecular flexibility index (Phi) is 11.3. The van der Waals surface area contributed by atoms with Crippen molar-refractivity contribution in [1.82, 2.24) is 10.6 Å². The quantitative estimate of drug-likeness (QED) is 0.504. The second kappa shape index (κ2) is 11.9. The molecule has 1 atom stereocenters. The van der Waals surface area contributed by atoms with E-state index >= 15 is 0 Å². The van der Waals surface area contributed by atoms with Crippen molar-refractivity contribution in [3.63, 3.8) is 0 Å². The molecule has 20 heavy (non-hydrogen) atoms. The van der Waals surface area contributed by atoms with Crippen LogP contribution in [0.2, 0.25) is 0 Å². The lowest BCUT2D eigenvalue weighted by molar-refractivity contribution is 0.446. The van der Waals surface area contributed by atoms with E-state index in [1.54, 1.807) is 0 Å². The Bertz CT molecular complexity index is 269. The highest BCUT2D eigenvalue weighted by atomic mass is 14.9. The van der Waals surface area contributed by atoms with Crippen LogP contribution < -0.4 is 10.6 Å². The van der Waals surface area contributed by atoms with Gasteiger partial charge in [0.05, 0.1) is 0 Å². The van der Waals surface area contributed by atoms with Gasteiger partial charge in [0.25, 0.3) is 0 Å². The third kappa shape index (κ3) is 9.94. The van der Waals surface area contributed by atoms with Gasteiger partial charge in [-0.2, -0.15) is 0 Å². The topological polar surface area (TPSA) is 24.1 Å². The summed E-state index contributed by atoms with van der Waals surface area (Å²) in [6.07, 6.45) is 7.08. The second-order valence-corrected chi connectivity index (χ2v) is 6.21. The molecule has 2 N–H and O–H groups in total. The Morgan fingerprint density at radius 1 is 0.950 bits per heavy atom. The Labute approximate surface area is 127 Å². The molecule has 0 heterocycles. The van der Waals surface area contributed by atoms with Crippen molar-refractivity contribution in [1.29, 1.82) is 0 Å². The van der Waals surface area contributed by atoms with Gasteiger partial charge in [-0.3, -0.25) is 0 Å². The summed E-state index contributed by atoms with van der Waals surface area (Å²) in [5.74, 6) is 1.30. The van der Waals surface area contributed by atoms with E-state index in [4.69, 9.17) is 0 Å². The first kappa shape index (κ1) is 19.1. The average molecular weight is 280 g/mol. The molecule has 0 saturated heterocycles. The summed E-state index contributed by atoms with van der Waals surface area (Å²) in [4.78, 5) is 0. The van der Waals surface area contributed by atoms with Crippen LogP contribution in [0.15, 0.2) is 24.6 Å². The van der Waals surface area contributed by atoms with Crippen molar-refractivity contribution in [3.05, 3.63) is 24.6 Å². The molecule has 0 rings (SSSR count). The van der Waals surface area contributed by atoms with Gasteiger partial charge in [0.2, 0.25) is 0 Å². The smallest absolute Gasteiger partial charge is 0.0141 e. The predicted molar refractivity (Wildman–Crippen MR) is 91.7 cm³/mol. The van der Waals surface area contributed by atoms with Gasteiger partial charge in [-0.05, 0) is 31.6 Å². The molecular formula is C18H36N2. The van der Waals surface area contributed by atoms with Crippen molar-refractivity contribution in [2.75, 3.05) is 13.1 Å². The van der Waals surface area contributed by atoms with Crippen LogP contribution in [0.25, 0.3) is 0 Å². The van der Waals surface area contributed by atoms with Crippen LogP contribution in [-0.2, 0) is 0 Å². The molecule has 0 bridgehead atoms. The van der Waals surface area contributed by atoms with E-state index in [1.165, 1.54) is 25.0 Å². The molecule has 0 aliphatic heterocycles. The summed E-state index contributed by atoms with van der Waals surface area (Å²) >= 11 is 0. The minimum Gasteiger partial charge on any atom is -0.389 e. The van der Waals surface area contributed by atoms with E-state index in [1.807, 2.05) is 0 Å². The monoisotopic (exact) mass is 280 g/mol. The van der Waals surface area contributed by atoms with Crippen molar-refractivity contribution in [2.24, 2.45) is 11.8 Å². The fraction of sp³-hybridized carbons (Fsp3) is 0.778. The summed E-state index contributed by atoms with van der Waals surface area (Å²) in [6.45, 7) is 19.4. The van der Waals surface area contributed by atoms with Gasteiger partial charge >= 0.3 is 0 Å². The molecule has 2 heteroatoms. The number of allylic oxidation sites excluding steroid dienone is 2. The van der Waals surface area contributed by atoms with Crippen LogP contribution in [0.3, 0.4) is 0 Å². The number of rotatable bonds is 13. The number of hydrogen-bond acceptors (Lipinski definition) is 2. The highest BCUT2D eigenvalue weighted by Crippen LogP contribution is 2.23. The van der Waals surface area contributed by atoms with Gasteiger partial charge in [-0.25, -0.2) is 0 Å². The zero-order chi connectivity index (χ0) is 15.4. The maximum atomic E-state index is 4.24. The molecule has 0 aliphatic rings. The Morgan fingerprint density at radius 2 is 1.55 bits per heavy atom. The molecule has 0 aromatic rings. The molecule has 0 amide bonds. The first-order valence-corrected chi connectivity index (χ1v) is 8.35. The summed E-state index contributed by atoms with van der Waals surface area (Å²) in [7, 11) is 0.